The van der Waals surface area contributed by atoms with Crippen LogP contribution in [0.4, 0.5) is 0 Å². The van der Waals surface area contributed by atoms with Gasteiger partial charge in [-0.05, 0) is 30.2 Å². The molecule has 0 amide bonds. The molecule has 0 aliphatic carbocycles. The van der Waals surface area contributed by atoms with Gasteiger partial charge in [-0.2, -0.15) is 0 Å². The number of aromatic amines is 1. The van der Waals surface area contributed by atoms with Crippen LogP contribution in [0.1, 0.15) is 28.5 Å². The number of rotatable bonds is 7. The fourth-order valence-electron chi connectivity index (χ4n) is 2.66. The monoisotopic (exact) mass is 382 g/mol. The van der Waals surface area contributed by atoms with Gasteiger partial charge in [-0.25, -0.2) is 4.98 Å². The van der Waals surface area contributed by atoms with E-state index >= 15 is 0 Å². The number of aliphatic hydroxyl groups excluding tert-OH is 1. The van der Waals surface area contributed by atoms with Crippen molar-refractivity contribution in [1.29, 1.82) is 0 Å². The van der Waals surface area contributed by atoms with Crippen molar-refractivity contribution in [3.05, 3.63) is 87.3 Å². The van der Waals surface area contributed by atoms with Gasteiger partial charge in [0.2, 0.25) is 0 Å². The molecular weight excluding hydrogens is 360 g/mol. The van der Waals surface area contributed by atoms with Gasteiger partial charge < -0.3 is 14.8 Å². The van der Waals surface area contributed by atoms with Gasteiger partial charge in [-0.1, -0.05) is 54.2 Å². The smallest absolute Gasteiger partial charge is 0.254 e. The van der Waals surface area contributed by atoms with E-state index < -0.39 is 6.10 Å². The summed E-state index contributed by atoms with van der Waals surface area (Å²) >= 11 is 1.34. The Kier molecular flexibility index (Phi) is 6.32. The van der Waals surface area contributed by atoms with Gasteiger partial charge in [0, 0.05) is 17.7 Å². The summed E-state index contributed by atoms with van der Waals surface area (Å²) in [6, 6.07) is 17.2. The molecule has 27 heavy (non-hydrogen) atoms. The third-order valence-electron chi connectivity index (χ3n) is 4.32. The van der Waals surface area contributed by atoms with E-state index in [1.165, 1.54) is 11.8 Å². The van der Waals surface area contributed by atoms with Gasteiger partial charge in [0.25, 0.3) is 5.56 Å². The van der Waals surface area contributed by atoms with Crippen molar-refractivity contribution < 1.29 is 9.84 Å². The minimum Gasteiger partial charge on any atom is -0.497 e. The summed E-state index contributed by atoms with van der Waals surface area (Å²) in [6.45, 7) is 1.78. The predicted octanol–water partition coefficient (Wildman–Crippen LogP) is 3.50. The lowest BCUT2D eigenvalue weighted by molar-refractivity contribution is 0.204. The number of hydrogen-bond donors (Lipinski definition) is 2. The molecule has 1 unspecified atom stereocenters. The van der Waals surface area contributed by atoms with Gasteiger partial charge in [0.15, 0.2) is 5.16 Å². The van der Waals surface area contributed by atoms with Crippen LogP contribution < -0.4 is 10.3 Å². The van der Waals surface area contributed by atoms with E-state index in [0.29, 0.717) is 22.9 Å². The molecule has 0 aliphatic heterocycles. The van der Waals surface area contributed by atoms with Gasteiger partial charge in [0.1, 0.15) is 5.75 Å². The SMILES string of the molecule is COc1ccc(Cc2nc(SCC(O)c3ccccc3)[nH]c(=O)c2C)cc1. The number of H-pyrrole nitrogens is 1. The van der Waals surface area contributed by atoms with Crippen LogP contribution in [0.3, 0.4) is 0 Å². The summed E-state index contributed by atoms with van der Waals surface area (Å²) in [6.07, 6.45) is -0.0537. The molecule has 1 aromatic heterocycles. The molecule has 0 saturated carbocycles. The van der Waals surface area contributed by atoms with Gasteiger partial charge in [0.05, 0.1) is 18.9 Å². The average molecular weight is 382 g/mol. The second kappa shape index (κ2) is 8.88. The molecule has 140 valence electrons. The van der Waals surface area contributed by atoms with Crippen LogP contribution in [-0.2, 0) is 6.42 Å². The maximum atomic E-state index is 12.3. The molecule has 0 saturated heterocycles. The van der Waals surface area contributed by atoms with Crippen molar-refractivity contribution in [3.63, 3.8) is 0 Å². The van der Waals surface area contributed by atoms with Crippen LogP contribution in [-0.4, -0.2) is 27.9 Å². The van der Waals surface area contributed by atoms with Crippen LogP contribution in [0.15, 0.2) is 64.5 Å². The lowest BCUT2D eigenvalue weighted by Gasteiger charge is -2.11. The fourth-order valence-corrected chi connectivity index (χ4v) is 3.51. The zero-order valence-electron chi connectivity index (χ0n) is 15.3. The first-order valence-corrected chi connectivity index (χ1v) is 9.64. The Morgan fingerprint density at radius 2 is 1.85 bits per heavy atom. The molecule has 2 N–H and O–H groups in total. The minimum absolute atomic E-state index is 0.148. The number of thioether (sulfide) groups is 1. The molecule has 0 radical (unpaired) electrons. The standard InChI is InChI=1S/C21H22N2O3S/c1-14-18(12-15-8-10-17(26-2)11-9-15)22-21(23-20(14)25)27-13-19(24)16-6-4-3-5-7-16/h3-11,19,24H,12-13H2,1-2H3,(H,22,23,25). The third kappa shape index (κ3) is 4.99. The molecule has 0 spiro atoms. The zero-order valence-corrected chi connectivity index (χ0v) is 16.1. The summed E-state index contributed by atoms with van der Waals surface area (Å²) < 4.78 is 5.17. The van der Waals surface area contributed by atoms with E-state index in [9.17, 15) is 9.90 Å². The Morgan fingerprint density at radius 1 is 1.15 bits per heavy atom. The van der Waals surface area contributed by atoms with Crippen molar-refractivity contribution in [3.8, 4) is 5.75 Å². The zero-order chi connectivity index (χ0) is 19.2. The quantitative estimate of drug-likeness (QED) is 0.483. The van der Waals surface area contributed by atoms with Crippen LogP contribution in [0.25, 0.3) is 0 Å². The summed E-state index contributed by atoms with van der Waals surface area (Å²) in [5.74, 6) is 1.21. The molecule has 5 nitrogen and oxygen atoms in total. The lowest BCUT2D eigenvalue weighted by atomic mass is 10.1. The number of benzene rings is 2. The van der Waals surface area contributed by atoms with Crippen molar-refractivity contribution in [1.82, 2.24) is 9.97 Å². The van der Waals surface area contributed by atoms with Crippen LogP contribution in [0, 0.1) is 6.92 Å². The largest absolute Gasteiger partial charge is 0.497 e. The maximum Gasteiger partial charge on any atom is 0.254 e. The summed E-state index contributed by atoms with van der Waals surface area (Å²) in [7, 11) is 1.63. The highest BCUT2D eigenvalue weighted by Gasteiger charge is 2.12. The Labute approximate surface area is 162 Å². The average Bonchev–Trinajstić information content (AvgIpc) is 2.71. The van der Waals surface area contributed by atoms with E-state index in [1.54, 1.807) is 14.0 Å². The molecule has 6 heteroatoms. The first-order valence-electron chi connectivity index (χ1n) is 8.65. The molecular formula is C21H22N2O3S. The number of aliphatic hydroxyl groups is 1. The van der Waals surface area contributed by atoms with Crippen molar-refractivity contribution >= 4 is 11.8 Å². The number of hydrogen-bond acceptors (Lipinski definition) is 5. The van der Waals surface area contributed by atoms with Crippen LogP contribution in [0.2, 0.25) is 0 Å². The van der Waals surface area contributed by atoms with E-state index in [2.05, 4.69) is 9.97 Å². The highest BCUT2D eigenvalue weighted by Crippen LogP contribution is 2.23. The maximum absolute atomic E-state index is 12.3. The van der Waals surface area contributed by atoms with E-state index in [4.69, 9.17) is 4.74 Å². The van der Waals surface area contributed by atoms with E-state index in [0.717, 1.165) is 22.6 Å². The predicted molar refractivity (Wildman–Crippen MR) is 108 cm³/mol. The second-order valence-electron chi connectivity index (χ2n) is 6.21. The van der Waals surface area contributed by atoms with Crippen LogP contribution in [0.5, 0.6) is 5.75 Å². The summed E-state index contributed by atoms with van der Waals surface area (Å²) in [5, 5.41) is 10.8. The summed E-state index contributed by atoms with van der Waals surface area (Å²) in [4.78, 5) is 19.7. The van der Waals surface area contributed by atoms with Crippen LogP contribution >= 0.6 is 11.8 Å². The lowest BCUT2D eigenvalue weighted by Crippen LogP contribution is -2.16. The van der Waals surface area contributed by atoms with Gasteiger partial charge >= 0.3 is 0 Å². The molecule has 3 aromatic rings. The van der Waals surface area contributed by atoms with E-state index in [-0.39, 0.29) is 5.56 Å². The minimum atomic E-state index is -0.618. The number of nitrogens with zero attached hydrogens (tertiary/aromatic N) is 1. The van der Waals surface area contributed by atoms with Crippen molar-refractivity contribution in [2.45, 2.75) is 24.6 Å². The van der Waals surface area contributed by atoms with E-state index in [1.807, 2.05) is 54.6 Å². The molecule has 0 fully saturated rings. The first-order chi connectivity index (χ1) is 13.1. The number of nitrogens with one attached hydrogen (secondary N) is 1. The Balaban J connectivity index is 1.74. The topological polar surface area (TPSA) is 75.2 Å². The molecule has 0 aliphatic rings. The highest BCUT2D eigenvalue weighted by molar-refractivity contribution is 7.99. The van der Waals surface area contributed by atoms with Gasteiger partial charge in [-0.3, -0.25) is 4.79 Å². The fraction of sp³-hybridized carbons (Fsp3) is 0.238. The Hall–Kier alpha value is -2.57. The number of ether oxygens (including phenoxy) is 1. The Bertz CT molecular complexity index is 940. The molecule has 3 rings (SSSR count). The molecule has 2 aromatic carbocycles. The normalized spacial score (nSPS) is 12.0. The Morgan fingerprint density at radius 3 is 2.52 bits per heavy atom. The highest BCUT2D eigenvalue weighted by atomic mass is 32.2. The molecule has 1 atom stereocenters. The summed E-state index contributed by atoms with van der Waals surface area (Å²) in [5.41, 5.74) is 3.10. The second-order valence-corrected chi connectivity index (χ2v) is 7.21. The first kappa shape index (κ1) is 19.2. The number of methoxy groups -OCH3 is 1. The van der Waals surface area contributed by atoms with Crippen molar-refractivity contribution in [2.75, 3.05) is 12.9 Å². The number of aromatic nitrogens is 2. The van der Waals surface area contributed by atoms with Gasteiger partial charge in [-0.15, -0.1) is 0 Å². The van der Waals surface area contributed by atoms with Crippen molar-refractivity contribution in [2.24, 2.45) is 0 Å². The third-order valence-corrected chi connectivity index (χ3v) is 5.27. The molecule has 0 bridgehead atoms. The molecule has 1 heterocycles.